The van der Waals surface area contributed by atoms with Crippen LogP contribution in [0.25, 0.3) is 0 Å². The Hall–Kier alpha value is -1.35. The van der Waals surface area contributed by atoms with Crippen molar-refractivity contribution in [2.24, 2.45) is 0 Å². The number of nitrogens with one attached hydrogen (secondary N) is 1. The van der Waals surface area contributed by atoms with Gasteiger partial charge in [0.1, 0.15) is 0 Å². The molecule has 1 aliphatic carbocycles. The zero-order valence-corrected chi connectivity index (χ0v) is 9.03. The fourth-order valence-corrected chi connectivity index (χ4v) is 1.29. The van der Waals surface area contributed by atoms with Gasteiger partial charge in [-0.1, -0.05) is 30.4 Å². The van der Waals surface area contributed by atoms with Crippen LogP contribution in [0.2, 0.25) is 0 Å². The number of ether oxygens (including phenoxy) is 1. The molecule has 1 N–H and O–H groups in total. The Morgan fingerprint density at radius 2 is 2.20 bits per heavy atom. The lowest BCUT2D eigenvalue weighted by Crippen LogP contribution is -2.25. The second kappa shape index (κ2) is 7.01. The zero-order chi connectivity index (χ0) is 10.9. The molecule has 0 bridgehead atoms. The molecule has 15 heavy (non-hydrogen) atoms. The van der Waals surface area contributed by atoms with E-state index in [-0.39, 0.29) is 12.5 Å². The van der Waals surface area contributed by atoms with Crippen molar-refractivity contribution in [3.63, 3.8) is 0 Å². The molecule has 1 rings (SSSR count). The highest BCUT2D eigenvalue weighted by atomic mass is 16.5. The smallest absolute Gasteiger partial charge is 0.319 e. The first kappa shape index (κ1) is 11.7. The van der Waals surface area contributed by atoms with Crippen LogP contribution in [0.1, 0.15) is 12.8 Å². The summed E-state index contributed by atoms with van der Waals surface area (Å²) in [4.78, 5) is 10.8. The highest BCUT2D eigenvalue weighted by Crippen LogP contribution is 2.04. The summed E-state index contributed by atoms with van der Waals surface area (Å²) in [5, 5.41) is 3.04. The summed E-state index contributed by atoms with van der Waals surface area (Å²) >= 11 is 0. The summed E-state index contributed by atoms with van der Waals surface area (Å²) in [6, 6.07) is 0. The summed E-state index contributed by atoms with van der Waals surface area (Å²) in [6.07, 6.45) is 12.6. The maximum Gasteiger partial charge on any atom is 0.319 e. The lowest BCUT2D eigenvalue weighted by Gasteiger charge is -2.05. The molecule has 1 aliphatic rings. The van der Waals surface area contributed by atoms with Crippen LogP contribution in [0.15, 0.2) is 36.0 Å². The summed E-state index contributed by atoms with van der Waals surface area (Å²) < 4.78 is 4.53. The number of hydrogen-bond donors (Lipinski definition) is 1. The fourth-order valence-electron chi connectivity index (χ4n) is 1.29. The van der Waals surface area contributed by atoms with Crippen molar-refractivity contribution in [1.82, 2.24) is 5.32 Å². The van der Waals surface area contributed by atoms with Gasteiger partial charge < -0.3 is 10.1 Å². The van der Waals surface area contributed by atoms with Gasteiger partial charge in [0.05, 0.1) is 13.7 Å². The average Bonchev–Trinajstić information content (AvgIpc) is 2.20. The summed E-state index contributed by atoms with van der Waals surface area (Å²) in [5.41, 5.74) is 1.21. The molecule has 82 valence electrons. The van der Waals surface area contributed by atoms with Crippen LogP contribution in [0, 0.1) is 0 Å². The number of carbonyl (C=O) groups excluding carboxylic acids is 1. The van der Waals surface area contributed by atoms with Gasteiger partial charge >= 0.3 is 5.97 Å². The first-order valence-electron chi connectivity index (χ1n) is 5.11. The minimum atomic E-state index is -0.231. The van der Waals surface area contributed by atoms with Gasteiger partial charge in [-0.15, -0.1) is 0 Å². The third kappa shape index (κ3) is 5.18. The Morgan fingerprint density at radius 1 is 1.40 bits per heavy atom. The van der Waals surface area contributed by atoms with Gasteiger partial charge in [-0.05, 0) is 18.4 Å². The highest BCUT2D eigenvalue weighted by molar-refractivity contribution is 5.71. The van der Waals surface area contributed by atoms with Gasteiger partial charge in [0.25, 0.3) is 0 Å². The molecule has 0 saturated carbocycles. The van der Waals surface area contributed by atoms with Gasteiger partial charge in [-0.3, -0.25) is 4.79 Å². The lowest BCUT2D eigenvalue weighted by molar-refractivity contribution is -0.139. The van der Waals surface area contributed by atoms with Gasteiger partial charge in [0, 0.05) is 6.54 Å². The first-order chi connectivity index (χ1) is 7.33. The van der Waals surface area contributed by atoms with E-state index in [2.05, 4.69) is 40.4 Å². The van der Waals surface area contributed by atoms with E-state index in [1.54, 1.807) is 0 Å². The zero-order valence-electron chi connectivity index (χ0n) is 9.03. The van der Waals surface area contributed by atoms with Crippen LogP contribution in [0.3, 0.4) is 0 Å². The standard InChI is InChI=1S/C12H17NO2/c1-15-12(14)10-13-9-11-7-5-3-2-4-6-8-11/h2-3,6-8,13H,4-5,9-10H2,1H3/b3-2-,8-6-,11-7+. The molecule has 0 aromatic rings. The van der Waals surface area contributed by atoms with Crippen LogP contribution >= 0.6 is 0 Å². The van der Waals surface area contributed by atoms with E-state index in [0.717, 1.165) is 12.8 Å². The maximum atomic E-state index is 10.8. The molecule has 0 unspecified atom stereocenters. The largest absolute Gasteiger partial charge is 0.468 e. The van der Waals surface area contributed by atoms with Gasteiger partial charge in [-0.2, -0.15) is 0 Å². The maximum absolute atomic E-state index is 10.8. The van der Waals surface area contributed by atoms with E-state index in [1.807, 2.05) is 0 Å². The Labute approximate surface area is 90.5 Å². The number of methoxy groups -OCH3 is 1. The lowest BCUT2D eigenvalue weighted by atomic mass is 10.1. The fraction of sp³-hybridized carbons (Fsp3) is 0.417. The first-order valence-corrected chi connectivity index (χ1v) is 5.11. The van der Waals surface area contributed by atoms with Crippen LogP contribution in [-0.2, 0) is 9.53 Å². The Balaban J connectivity index is 2.30. The van der Waals surface area contributed by atoms with Gasteiger partial charge in [-0.25, -0.2) is 0 Å². The number of allylic oxidation sites excluding steroid dienone is 4. The molecular formula is C12H17NO2. The Morgan fingerprint density at radius 3 is 3.00 bits per heavy atom. The third-order valence-electron chi connectivity index (χ3n) is 2.11. The van der Waals surface area contributed by atoms with Crippen molar-refractivity contribution in [2.45, 2.75) is 12.8 Å². The molecule has 0 aromatic heterocycles. The molecule has 3 nitrogen and oxygen atoms in total. The summed E-state index contributed by atoms with van der Waals surface area (Å²) in [5.74, 6) is -0.231. The number of rotatable bonds is 4. The van der Waals surface area contributed by atoms with Crippen molar-refractivity contribution in [2.75, 3.05) is 20.2 Å². The number of carbonyl (C=O) groups is 1. The van der Waals surface area contributed by atoms with Crippen LogP contribution in [0.4, 0.5) is 0 Å². The predicted octanol–water partition coefficient (Wildman–Crippen LogP) is 1.58. The second-order valence-electron chi connectivity index (χ2n) is 3.30. The molecule has 0 atom stereocenters. The molecule has 0 aliphatic heterocycles. The second-order valence-corrected chi connectivity index (χ2v) is 3.30. The van der Waals surface area contributed by atoms with E-state index >= 15 is 0 Å². The number of esters is 1. The van der Waals surface area contributed by atoms with E-state index in [0.29, 0.717) is 6.54 Å². The van der Waals surface area contributed by atoms with Crippen LogP contribution in [-0.4, -0.2) is 26.2 Å². The van der Waals surface area contributed by atoms with E-state index in [4.69, 9.17) is 0 Å². The van der Waals surface area contributed by atoms with Crippen LogP contribution in [0.5, 0.6) is 0 Å². The molecule has 0 saturated heterocycles. The van der Waals surface area contributed by atoms with Gasteiger partial charge in [0.2, 0.25) is 0 Å². The Kier molecular flexibility index (Phi) is 5.48. The molecule has 0 heterocycles. The minimum absolute atomic E-state index is 0.231. The van der Waals surface area contributed by atoms with E-state index in [1.165, 1.54) is 12.7 Å². The summed E-state index contributed by atoms with van der Waals surface area (Å²) in [6.45, 7) is 0.969. The van der Waals surface area contributed by atoms with Crippen molar-refractivity contribution in [1.29, 1.82) is 0 Å². The van der Waals surface area contributed by atoms with Gasteiger partial charge in [0.15, 0.2) is 0 Å². The molecule has 0 amide bonds. The third-order valence-corrected chi connectivity index (χ3v) is 2.11. The minimum Gasteiger partial charge on any atom is -0.468 e. The molecule has 0 aromatic carbocycles. The van der Waals surface area contributed by atoms with Crippen molar-refractivity contribution in [3.05, 3.63) is 36.0 Å². The van der Waals surface area contributed by atoms with E-state index < -0.39 is 0 Å². The Bertz CT molecular complexity index is 290. The van der Waals surface area contributed by atoms with Crippen molar-refractivity contribution < 1.29 is 9.53 Å². The topological polar surface area (TPSA) is 38.3 Å². The normalized spacial score (nSPS) is 23.1. The molecule has 3 heteroatoms. The monoisotopic (exact) mass is 207 g/mol. The molecule has 0 spiro atoms. The molecule has 0 radical (unpaired) electrons. The quantitative estimate of drug-likeness (QED) is 0.562. The summed E-state index contributed by atoms with van der Waals surface area (Å²) in [7, 11) is 1.39. The van der Waals surface area contributed by atoms with Crippen molar-refractivity contribution in [3.8, 4) is 0 Å². The van der Waals surface area contributed by atoms with Crippen molar-refractivity contribution >= 4 is 5.97 Å². The van der Waals surface area contributed by atoms with E-state index in [9.17, 15) is 4.79 Å². The highest BCUT2D eigenvalue weighted by Gasteiger charge is 1.99. The van der Waals surface area contributed by atoms with Crippen LogP contribution < -0.4 is 5.32 Å². The average molecular weight is 207 g/mol. The predicted molar refractivity (Wildman–Crippen MR) is 60.5 cm³/mol. The number of hydrogen-bond acceptors (Lipinski definition) is 3. The molecule has 0 fully saturated rings. The SMILES string of the molecule is COC(=O)CNCC1=C/C/C=C\C/C=C\1. The molecular weight excluding hydrogens is 190 g/mol.